The summed E-state index contributed by atoms with van der Waals surface area (Å²) in [5.74, 6) is 0.210. The van der Waals surface area contributed by atoms with Gasteiger partial charge in [-0.25, -0.2) is 0 Å². The Kier molecular flexibility index (Phi) is 2.81. The highest BCUT2D eigenvalue weighted by molar-refractivity contribution is 7.15. The first kappa shape index (κ1) is 14.3. The molecule has 0 unspecified atom stereocenters. The van der Waals surface area contributed by atoms with Crippen LogP contribution in [-0.4, -0.2) is 39.4 Å². The first-order valence-corrected chi connectivity index (χ1v) is 9.00. The lowest BCUT2D eigenvalue weighted by molar-refractivity contribution is -0.142. The molecule has 8 heteroatoms. The molecule has 0 spiro atoms. The monoisotopic (exact) mass is 344 g/mol. The van der Waals surface area contributed by atoms with E-state index in [-0.39, 0.29) is 42.0 Å². The fourth-order valence-electron chi connectivity index (χ4n) is 4.82. The molecule has 2 heterocycles. The lowest BCUT2D eigenvalue weighted by Gasteiger charge is -2.37. The minimum absolute atomic E-state index is 0.181. The van der Waals surface area contributed by atoms with Crippen molar-refractivity contribution in [2.24, 2.45) is 35.5 Å². The maximum Gasteiger partial charge on any atom is 0.246 e. The van der Waals surface area contributed by atoms with Crippen molar-refractivity contribution in [2.75, 3.05) is 11.9 Å². The number of aryl methyl sites for hydroxylation is 1. The van der Waals surface area contributed by atoms with E-state index in [4.69, 9.17) is 0 Å². The van der Waals surface area contributed by atoms with Gasteiger partial charge in [0.15, 0.2) is 0 Å². The van der Waals surface area contributed by atoms with E-state index >= 15 is 0 Å². The van der Waals surface area contributed by atoms with Crippen molar-refractivity contribution in [3.8, 4) is 0 Å². The molecule has 124 valence electrons. The van der Waals surface area contributed by atoms with Crippen molar-refractivity contribution < 1.29 is 14.4 Å². The van der Waals surface area contributed by atoms with Gasteiger partial charge < -0.3 is 0 Å². The fraction of sp³-hybridized carbons (Fsp3) is 0.562. The molecule has 2 bridgehead atoms. The molecular formula is C16H16N4O3S. The van der Waals surface area contributed by atoms with Gasteiger partial charge in [0.2, 0.25) is 22.9 Å². The highest BCUT2D eigenvalue weighted by Crippen LogP contribution is 2.65. The number of anilines is 1. The molecule has 3 amide bonds. The third kappa shape index (κ3) is 1.86. The van der Waals surface area contributed by atoms with Gasteiger partial charge in [0.25, 0.3) is 0 Å². The van der Waals surface area contributed by atoms with Gasteiger partial charge in [-0.05, 0) is 37.0 Å². The highest BCUT2D eigenvalue weighted by Gasteiger charge is 2.67. The number of carbonyl (C=O) groups excluding carboxylic acids is 3. The SMILES string of the molecule is Cc1nnc(NC(=O)CN2C(=O)[C@H]3[C@@H]4C=C[C@@H]([C@H]5C[C@H]45)[C@@H]3C2=O)s1. The first-order valence-electron chi connectivity index (χ1n) is 8.18. The Morgan fingerprint density at radius 2 is 1.83 bits per heavy atom. The first-order chi connectivity index (χ1) is 11.5. The summed E-state index contributed by atoms with van der Waals surface area (Å²) in [6, 6.07) is 0. The van der Waals surface area contributed by atoms with E-state index in [1.807, 2.05) is 0 Å². The highest BCUT2D eigenvalue weighted by atomic mass is 32.1. The van der Waals surface area contributed by atoms with Gasteiger partial charge in [0.1, 0.15) is 11.6 Å². The number of aromatic nitrogens is 2. The van der Waals surface area contributed by atoms with Crippen LogP contribution < -0.4 is 5.32 Å². The number of carbonyl (C=O) groups is 3. The summed E-state index contributed by atoms with van der Waals surface area (Å²) in [6.45, 7) is 1.55. The number of nitrogens with zero attached hydrogens (tertiary/aromatic N) is 3. The summed E-state index contributed by atoms with van der Waals surface area (Å²) in [5.41, 5.74) is 0. The van der Waals surface area contributed by atoms with Gasteiger partial charge in [0.05, 0.1) is 11.8 Å². The number of amides is 3. The molecule has 6 rings (SSSR count). The summed E-state index contributed by atoms with van der Waals surface area (Å²) >= 11 is 1.26. The van der Waals surface area contributed by atoms with Crippen LogP contribution >= 0.6 is 11.3 Å². The number of allylic oxidation sites excluding steroid dienone is 2. The number of imide groups is 1. The predicted octanol–water partition coefficient (Wildman–Crippen LogP) is 0.838. The molecule has 7 nitrogen and oxygen atoms in total. The molecule has 1 aromatic heterocycles. The molecule has 24 heavy (non-hydrogen) atoms. The topological polar surface area (TPSA) is 92.3 Å². The quantitative estimate of drug-likeness (QED) is 0.648. The Morgan fingerprint density at radius 3 is 2.38 bits per heavy atom. The average Bonchev–Trinajstić information content (AvgIpc) is 3.24. The Hall–Kier alpha value is -2.09. The number of hydrogen-bond acceptors (Lipinski definition) is 6. The Morgan fingerprint density at radius 1 is 1.21 bits per heavy atom. The molecular weight excluding hydrogens is 328 g/mol. The lowest BCUT2D eigenvalue weighted by atomic mass is 9.63. The molecule has 0 aromatic carbocycles. The van der Waals surface area contributed by atoms with Crippen LogP contribution in [0, 0.1) is 42.4 Å². The number of hydrogen-bond donors (Lipinski definition) is 1. The molecule has 6 atom stereocenters. The Labute approximate surface area is 142 Å². The van der Waals surface area contributed by atoms with Crippen LogP contribution in [-0.2, 0) is 14.4 Å². The molecule has 1 N–H and O–H groups in total. The standard InChI is InChI=1S/C16H16N4O3S/c1-6-18-19-16(24-6)17-11(21)5-20-14(22)12-7-2-3-8(10-4-9(7)10)13(12)15(20)23/h2-3,7-10,12-13H,4-5H2,1H3,(H,17,19,21)/t7-,8+,9-,10-,12+,13+/m1/s1. The summed E-state index contributed by atoms with van der Waals surface area (Å²) in [6.07, 6.45) is 5.38. The zero-order valence-corrected chi connectivity index (χ0v) is 13.8. The summed E-state index contributed by atoms with van der Waals surface area (Å²) < 4.78 is 0. The van der Waals surface area contributed by atoms with Crippen molar-refractivity contribution in [3.05, 3.63) is 17.2 Å². The van der Waals surface area contributed by atoms with Gasteiger partial charge >= 0.3 is 0 Å². The van der Waals surface area contributed by atoms with Crippen molar-refractivity contribution in [1.82, 2.24) is 15.1 Å². The minimum Gasteiger partial charge on any atom is -0.299 e. The molecule has 1 aromatic rings. The van der Waals surface area contributed by atoms with Crippen LogP contribution in [0.3, 0.4) is 0 Å². The van der Waals surface area contributed by atoms with E-state index < -0.39 is 5.91 Å². The molecule has 4 aliphatic carbocycles. The summed E-state index contributed by atoms with van der Waals surface area (Å²) in [4.78, 5) is 38.9. The van der Waals surface area contributed by atoms with Crippen molar-refractivity contribution >= 4 is 34.2 Å². The van der Waals surface area contributed by atoms with Crippen molar-refractivity contribution in [2.45, 2.75) is 13.3 Å². The lowest BCUT2D eigenvalue weighted by Crippen LogP contribution is -2.40. The zero-order chi connectivity index (χ0) is 16.6. The van der Waals surface area contributed by atoms with E-state index in [2.05, 4.69) is 27.7 Å². The van der Waals surface area contributed by atoms with E-state index in [9.17, 15) is 14.4 Å². The predicted molar refractivity (Wildman–Crippen MR) is 84.7 cm³/mol. The zero-order valence-electron chi connectivity index (χ0n) is 13.0. The van der Waals surface area contributed by atoms with Crippen LogP contribution in [0.2, 0.25) is 0 Å². The second-order valence-electron chi connectivity index (χ2n) is 7.09. The van der Waals surface area contributed by atoms with E-state index in [1.165, 1.54) is 11.3 Å². The molecule has 2 saturated carbocycles. The van der Waals surface area contributed by atoms with Crippen LogP contribution in [0.25, 0.3) is 0 Å². The molecule has 1 saturated heterocycles. The summed E-state index contributed by atoms with van der Waals surface area (Å²) in [7, 11) is 0. The number of nitrogens with one attached hydrogen (secondary N) is 1. The minimum atomic E-state index is -0.406. The van der Waals surface area contributed by atoms with Crippen LogP contribution in [0.1, 0.15) is 11.4 Å². The van der Waals surface area contributed by atoms with Gasteiger partial charge in [-0.1, -0.05) is 23.5 Å². The molecule has 3 fully saturated rings. The summed E-state index contributed by atoms with van der Waals surface area (Å²) in [5, 5.41) is 11.4. The Bertz CT molecular complexity index is 767. The van der Waals surface area contributed by atoms with E-state index in [0.717, 1.165) is 16.3 Å². The normalized spacial score (nSPS) is 38.3. The molecule has 5 aliphatic rings. The fourth-order valence-corrected chi connectivity index (χ4v) is 5.43. The Balaban J connectivity index is 1.34. The van der Waals surface area contributed by atoms with Crippen molar-refractivity contribution in [1.29, 1.82) is 0 Å². The third-order valence-electron chi connectivity index (χ3n) is 5.83. The number of rotatable bonds is 3. The third-order valence-corrected chi connectivity index (χ3v) is 6.58. The average molecular weight is 344 g/mol. The largest absolute Gasteiger partial charge is 0.299 e. The second-order valence-corrected chi connectivity index (χ2v) is 8.27. The van der Waals surface area contributed by atoms with Crippen LogP contribution in [0.4, 0.5) is 5.13 Å². The van der Waals surface area contributed by atoms with E-state index in [0.29, 0.717) is 17.0 Å². The molecule has 1 aliphatic heterocycles. The maximum atomic E-state index is 12.8. The second kappa shape index (κ2) is 4.72. The van der Waals surface area contributed by atoms with Crippen LogP contribution in [0.5, 0.6) is 0 Å². The maximum absolute atomic E-state index is 12.8. The van der Waals surface area contributed by atoms with Gasteiger partial charge in [0, 0.05) is 0 Å². The number of likely N-dealkylation sites (tertiary alicyclic amines) is 1. The smallest absolute Gasteiger partial charge is 0.246 e. The van der Waals surface area contributed by atoms with Crippen LogP contribution in [0.15, 0.2) is 12.2 Å². The van der Waals surface area contributed by atoms with Gasteiger partial charge in [-0.15, -0.1) is 10.2 Å². The molecule has 0 radical (unpaired) electrons. The van der Waals surface area contributed by atoms with E-state index in [1.54, 1.807) is 6.92 Å². The van der Waals surface area contributed by atoms with Crippen molar-refractivity contribution in [3.63, 3.8) is 0 Å². The van der Waals surface area contributed by atoms with Gasteiger partial charge in [-0.3, -0.25) is 24.6 Å². The van der Waals surface area contributed by atoms with Gasteiger partial charge in [-0.2, -0.15) is 0 Å².